The summed E-state index contributed by atoms with van der Waals surface area (Å²) >= 11 is 0. The SMILES string of the molecule is CC(C)(C)C(=O)Nc1ccc2c(c1)C(=O)c1cc(O)ccc1-2. The van der Waals surface area contributed by atoms with E-state index < -0.39 is 5.41 Å². The smallest absolute Gasteiger partial charge is 0.229 e. The van der Waals surface area contributed by atoms with Crippen molar-refractivity contribution in [3.8, 4) is 16.9 Å². The Hall–Kier alpha value is -2.62. The van der Waals surface area contributed by atoms with Crippen LogP contribution in [0.3, 0.4) is 0 Å². The van der Waals surface area contributed by atoms with Crippen LogP contribution >= 0.6 is 0 Å². The molecule has 0 fully saturated rings. The van der Waals surface area contributed by atoms with Crippen LogP contribution in [0.5, 0.6) is 5.75 Å². The molecule has 2 aromatic rings. The molecule has 112 valence electrons. The molecule has 0 heterocycles. The Morgan fingerprint density at radius 3 is 2.18 bits per heavy atom. The Labute approximate surface area is 128 Å². The Kier molecular flexibility index (Phi) is 3.06. The van der Waals surface area contributed by atoms with Crippen LogP contribution in [0, 0.1) is 5.41 Å². The molecule has 0 aromatic heterocycles. The number of phenols is 1. The van der Waals surface area contributed by atoms with Gasteiger partial charge in [-0.15, -0.1) is 0 Å². The van der Waals surface area contributed by atoms with Gasteiger partial charge in [-0.25, -0.2) is 0 Å². The Morgan fingerprint density at radius 1 is 0.955 bits per heavy atom. The third-order valence-electron chi connectivity index (χ3n) is 3.74. The second-order valence-electron chi connectivity index (χ2n) is 6.52. The van der Waals surface area contributed by atoms with Gasteiger partial charge >= 0.3 is 0 Å². The zero-order valence-electron chi connectivity index (χ0n) is 12.7. The maximum absolute atomic E-state index is 12.5. The number of hydrogen-bond acceptors (Lipinski definition) is 3. The molecular formula is C18H17NO3. The van der Waals surface area contributed by atoms with E-state index in [-0.39, 0.29) is 17.4 Å². The van der Waals surface area contributed by atoms with Crippen LogP contribution in [0.15, 0.2) is 36.4 Å². The van der Waals surface area contributed by atoms with Crippen molar-refractivity contribution in [2.24, 2.45) is 5.41 Å². The van der Waals surface area contributed by atoms with Crippen LogP contribution in [0.4, 0.5) is 5.69 Å². The molecule has 0 saturated heterocycles. The fraction of sp³-hybridized carbons (Fsp3) is 0.222. The van der Waals surface area contributed by atoms with Crippen molar-refractivity contribution in [1.29, 1.82) is 0 Å². The van der Waals surface area contributed by atoms with Gasteiger partial charge in [0.25, 0.3) is 0 Å². The molecule has 22 heavy (non-hydrogen) atoms. The van der Waals surface area contributed by atoms with E-state index in [1.54, 1.807) is 24.3 Å². The molecule has 2 aromatic carbocycles. The topological polar surface area (TPSA) is 66.4 Å². The predicted octanol–water partition coefficient (Wildman–Crippen LogP) is 3.59. The zero-order chi connectivity index (χ0) is 16.1. The number of amides is 1. The summed E-state index contributed by atoms with van der Waals surface area (Å²) in [4.78, 5) is 24.5. The molecule has 1 aliphatic carbocycles. The number of nitrogens with one attached hydrogen (secondary N) is 1. The van der Waals surface area contributed by atoms with Crippen LogP contribution in [0.25, 0.3) is 11.1 Å². The van der Waals surface area contributed by atoms with Crippen molar-refractivity contribution in [1.82, 2.24) is 0 Å². The highest BCUT2D eigenvalue weighted by Crippen LogP contribution is 2.39. The number of anilines is 1. The molecule has 0 bridgehead atoms. The highest BCUT2D eigenvalue weighted by molar-refractivity contribution is 6.22. The highest BCUT2D eigenvalue weighted by Gasteiger charge is 2.28. The second-order valence-corrected chi connectivity index (χ2v) is 6.52. The summed E-state index contributed by atoms with van der Waals surface area (Å²) in [7, 11) is 0. The summed E-state index contributed by atoms with van der Waals surface area (Å²) in [6.45, 7) is 5.50. The van der Waals surface area contributed by atoms with Gasteiger partial charge < -0.3 is 10.4 Å². The molecule has 0 unspecified atom stereocenters. The quantitative estimate of drug-likeness (QED) is 0.721. The van der Waals surface area contributed by atoms with Crippen molar-refractivity contribution in [3.05, 3.63) is 47.5 Å². The van der Waals surface area contributed by atoms with Crippen LogP contribution in [-0.4, -0.2) is 16.8 Å². The molecule has 3 rings (SSSR count). The van der Waals surface area contributed by atoms with E-state index in [2.05, 4.69) is 5.32 Å². The van der Waals surface area contributed by atoms with Gasteiger partial charge in [-0.05, 0) is 41.5 Å². The number of phenolic OH excluding ortho intramolecular Hbond substituents is 1. The first-order chi connectivity index (χ1) is 10.3. The third-order valence-corrected chi connectivity index (χ3v) is 3.74. The molecule has 1 aliphatic rings. The number of carbonyl (C=O) groups excluding carboxylic acids is 2. The number of rotatable bonds is 1. The zero-order valence-corrected chi connectivity index (χ0v) is 12.7. The first-order valence-electron chi connectivity index (χ1n) is 7.11. The normalized spacial score (nSPS) is 12.8. The van der Waals surface area contributed by atoms with E-state index in [9.17, 15) is 14.7 Å². The van der Waals surface area contributed by atoms with Crippen molar-refractivity contribution in [2.45, 2.75) is 20.8 Å². The molecular weight excluding hydrogens is 278 g/mol. The van der Waals surface area contributed by atoms with E-state index in [4.69, 9.17) is 0 Å². The first kappa shape index (κ1) is 14.3. The van der Waals surface area contributed by atoms with Crippen molar-refractivity contribution < 1.29 is 14.7 Å². The fourth-order valence-electron chi connectivity index (χ4n) is 2.46. The number of benzene rings is 2. The fourth-order valence-corrected chi connectivity index (χ4v) is 2.46. The van der Waals surface area contributed by atoms with Crippen LogP contribution < -0.4 is 5.32 Å². The molecule has 0 aliphatic heterocycles. The third kappa shape index (κ3) is 2.26. The minimum absolute atomic E-state index is 0.0705. The van der Waals surface area contributed by atoms with E-state index in [1.165, 1.54) is 6.07 Å². The monoisotopic (exact) mass is 295 g/mol. The maximum Gasteiger partial charge on any atom is 0.229 e. The summed E-state index contributed by atoms with van der Waals surface area (Å²) in [5.74, 6) is -0.165. The van der Waals surface area contributed by atoms with Gasteiger partial charge in [0.1, 0.15) is 5.75 Å². The molecule has 0 radical (unpaired) electrons. The molecule has 2 N–H and O–H groups in total. The molecule has 0 spiro atoms. The van der Waals surface area contributed by atoms with Crippen molar-refractivity contribution in [2.75, 3.05) is 5.32 Å². The van der Waals surface area contributed by atoms with E-state index in [1.807, 2.05) is 26.8 Å². The predicted molar refractivity (Wildman–Crippen MR) is 85.1 cm³/mol. The Balaban J connectivity index is 1.99. The number of aromatic hydroxyl groups is 1. The van der Waals surface area contributed by atoms with Gasteiger partial charge in [0, 0.05) is 22.2 Å². The van der Waals surface area contributed by atoms with Crippen LogP contribution in [-0.2, 0) is 4.79 Å². The molecule has 0 saturated carbocycles. The van der Waals surface area contributed by atoms with E-state index >= 15 is 0 Å². The lowest BCUT2D eigenvalue weighted by atomic mass is 9.95. The molecule has 4 nitrogen and oxygen atoms in total. The lowest BCUT2D eigenvalue weighted by Gasteiger charge is -2.18. The standard InChI is InChI=1S/C18H17NO3/c1-18(2,3)17(22)19-10-4-6-12-13-7-5-11(20)9-15(13)16(21)14(12)8-10/h4-9,20H,1-3H3,(H,19,22). The van der Waals surface area contributed by atoms with Gasteiger partial charge in [0.2, 0.25) is 5.91 Å². The van der Waals surface area contributed by atoms with Crippen molar-refractivity contribution >= 4 is 17.4 Å². The summed E-state index contributed by atoms with van der Waals surface area (Å²) in [5.41, 5.74) is 2.78. The largest absolute Gasteiger partial charge is 0.508 e. The van der Waals surface area contributed by atoms with E-state index in [0.717, 1.165) is 11.1 Å². The minimum atomic E-state index is -0.502. The molecule has 1 amide bonds. The molecule has 4 heteroatoms. The average Bonchev–Trinajstić information content (AvgIpc) is 2.71. The summed E-state index contributed by atoms with van der Waals surface area (Å²) < 4.78 is 0. The Morgan fingerprint density at radius 2 is 1.55 bits per heavy atom. The van der Waals surface area contributed by atoms with Gasteiger partial charge in [-0.2, -0.15) is 0 Å². The van der Waals surface area contributed by atoms with Crippen LogP contribution in [0.2, 0.25) is 0 Å². The van der Waals surface area contributed by atoms with Gasteiger partial charge in [0.05, 0.1) is 0 Å². The summed E-state index contributed by atoms with van der Waals surface area (Å²) in [6.07, 6.45) is 0. The van der Waals surface area contributed by atoms with Gasteiger partial charge in [0.15, 0.2) is 5.78 Å². The number of carbonyl (C=O) groups is 2. The molecule has 0 atom stereocenters. The Bertz CT molecular complexity index is 800. The number of ketones is 1. The summed E-state index contributed by atoms with van der Waals surface area (Å²) in [6, 6.07) is 10.1. The minimum Gasteiger partial charge on any atom is -0.508 e. The second kappa shape index (κ2) is 4.70. The van der Waals surface area contributed by atoms with Gasteiger partial charge in [-0.3, -0.25) is 9.59 Å². The lowest BCUT2D eigenvalue weighted by Crippen LogP contribution is -2.27. The highest BCUT2D eigenvalue weighted by atomic mass is 16.3. The summed E-state index contributed by atoms with van der Waals surface area (Å²) in [5, 5.41) is 12.4. The number of fused-ring (bicyclic) bond motifs is 3. The van der Waals surface area contributed by atoms with Gasteiger partial charge in [-0.1, -0.05) is 26.8 Å². The van der Waals surface area contributed by atoms with E-state index in [0.29, 0.717) is 16.8 Å². The first-order valence-corrected chi connectivity index (χ1v) is 7.11. The average molecular weight is 295 g/mol. The van der Waals surface area contributed by atoms with Crippen LogP contribution in [0.1, 0.15) is 36.7 Å². The maximum atomic E-state index is 12.5. The lowest BCUT2D eigenvalue weighted by molar-refractivity contribution is -0.123. The van der Waals surface area contributed by atoms with Crippen molar-refractivity contribution in [3.63, 3.8) is 0 Å². The number of hydrogen-bond donors (Lipinski definition) is 2.